The van der Waals surface area contributed by atoms with Crippen LogP contribution in [0.5, 0.6) is 0 Å². The minimum Gasteiger partial charge on any atom is -0.507 e. The molecule has 5 aliphatic rings. The summed E-state index contributed by atoms with van der Waals surface area (Å²) in [5, 5.41) is 65.3. The lowest BCUT2D eigenvalue weighted by Crippen LogP contribution is -2.65. The second-order valence-electron chi connectivity index (χ2n) is 15.5. The molecule has 16 unspecified atom stereocenters. The molecule has 18 nitrogen and oxygen atoms in total. The Balaban J connectivity index is 1.20. The number of allylic oxidation sites excluding steroid dienone is 15. The summed E-state index contributed by atoms with van der Waals surface area (Å²) < 4.78 is 39.5. The number of carbonyl (C=O) groups is 3. The van der Waals surface area contributed by atoms with Crippen LogP contribution in [0, 0.1) is 0 Å². The second-order valence-corrected chi connectivity index (χ2v) is 16.5. The van der Waals surface area contributed by atoms with E-state index in [2.05, 4.69) is 0 Å². The number of rotatable bonds is 17. The monoisotopic (exact) mass is 938 g/mol. The number of hydrogen-bond donors (Lipinski definition) is 7. The number of amides is 2. The van der Waals surface area contributed by atoms with E-state index in [1.165, 1.54) is 19.3 Å². The van der Waals surface area contributed by atoms with Crippen molar-refractivity contribution < 1.29 is 78.2 Å². The Labute approximate surface area is 380 Å². The van der Waals surface area contributed by atoms with E-state index in [4.69, 9.17) is 62.1 Å². The number of likely N-dealkylation sites (tertiary alicyclic amines) is 1. The maximum atomic E-state index is 13.9. The minimum absolute atomic E-state index is 0.0373. The lowest BCUT2D eigenvalue weighted by molar-refractivity contribution is -0.338. The van der Waals surface area contributed by atoms with E-state index in [1.807, 2.05) is 31.2 Å². The number of aliphatic hydroxyl groups is 6. The van der Waals surface area contributed by atoms with Gasteiger partial charge in [0.15, 0.2) is 24.6 Å². The molecule has 0 bridgehead atoms. The molecule has 0 aliphatic carbocycles. The molecule has 0 spiro atoms. The van der Waals surface area contributed by atoms with Crippen LogP contribution >= 0.6 is 23.2 Å². The molecule has 8 N–H and O–H groups in total. The zero-order valence-electron chi connectivity index (χ0n) is 35.3. The third kappa shape index (κ3) is 12.9. The Morgan fingerprint density at radius 2 is 1.47 bits per heavy atom. The predicted octanol–water partition coefficient (Wildman–Crippen LogP) is 1.30. The highest BCUT2D eigenvalue weighted by Crippen LogP contribution is 2.35. The zero-order valence-corrected chi connectivity index (χ0v) is 36.8. The molecule has 16 atom stereocenters. The topological polar surface area (TPSA) is 266 Å². The van der Waals surface area contributed by atoms with Gasteiger partial charge < -0.3 is 69.5 Å². The van der Waals surface area contributed by atoms with Gasteiger partial charge in [-0.2, -0.15) is 0 Å². The first kappa shape index (κ1) is 51.2. The minimum atomic E-state index is -1.86. The van der Waals surface area contributed by atoms with Gasteiger partial charge in [0.05, 0.1) is 43.3 Å². The van der Waals surface area contributed by atoms with Gasteiger partial charge in [0, 0.05) is 12.1 Å². The first-order valence-corrected chi connectivity index (χ1v) is 21.4. The number of nitrogens with two attached hydrogens (primary N) is 1. The van der Waals surface area contributed by atoms with Crippen LogP contribution in [0.4, 0.5) is 0 Å². The van der Waals surface area contributed by atoms with Gasteiger partial charge in [0.25, 0.3) is 5.91 Å². The number of ketones is 1. The second kappa shape index (κ2) is 24.1. The van der Waals surface area contributed by atoms with Crippen molar-refractivity contribution in [1.29, 1.82) is 0 Å². The fraction of sp³-hybridized carbons (Fsp3) is 0.523. The molecule has 5 heterocycles. The van der Waals surface area contributed by atoms with Gasteiger partial charge in [-0.25, -0.2) is 0 Å². The van der Waals surface area contributed by atoms with Gasteiger partial charge in [-0.1, -0.05) is 84.5 Å². The number of halogens is 2. The molecule has 0 aromatic rings. The van der Waals surface area contributed by atoms with Gasteiger partial charge in [0.2, 0.25) is 5.91 Å². The molecular formula is C44H56Cl2N2O16. The number of aliphatic hydroxyl groups excluding tert-OH is 6. The van der Waals surface area contributed by atoms with Crippen LogP contribution in [-0.4, -0.2) is 171 Å². The quantitative estimate of drug-likeness (QED) is 0.0356. The number of methoxy groups -OCH3 is 1. The Kier molecular flexibility index (Phi) is 19.3. The maximum absolute atomic E-state index is 13.9. The van der Waals surface area contributed by atoms with Crippen molar-refractivity contribution in [2.45, 2.75) is 124 Å². The van der Waals surface area contributed by atoms with E-state index in [1.54, 1.807) is 55.5 Å². The molecule has 64 heavy (non-hydrogen) atoms. The van der Waals surface area contributed by atoms with E-state index in [0.29, 0.717) is 5.03 Å². The van der Waals surface area contributed by atoms with Crippen molar-refractivity contribution in [2.24, 2.45) is 5.73 Å². The Hall–Kier alpha value is -3.83. The van der Waals surface area contributed by atoms with Crippen molar-refractivity contribution in [3.8, 4) is 0 Å². The normalized spacial score (nSPS) is 39.0. The lowest BCUT2D eigenvalue weighted by Gasteiger charge is -2.46. The molecule has 352 valence electrons. The van der Waals surface area contributed by atoms with Crippen LogP contribution < -0.4 is 5.73 Å². The fourth-order valence-electron chi connectivity index (χ4n) is 7.47. The first-order chi connectivity index (χ1) is 30.5. The number of Topliss-reactive ketones (excluding diaryl/α,β-unsaturated/α-hetero) is 1. The lowest BCUT2D eigenvalue weighted by atomic mass is 10.0. The number of primary amides is 1. The van der Waals surface area contributed by atoms with Crippen LogP contribution in [0.25, 0.3) is 0 Å². The molecule has 5 rings (SSSR count). The molecule has 0 saturated carbocycles. The smallest absolute Gasteiger partial charge is 0.264 e. The molecule has 20 heteroatoms. The predicted molar refractivity (Wildman–Crippen MR) is 230 cm³/mol. The average Bonchev–Trinajstić information content (AvgIpc) is 3.81. The van der Waals surface area contributed by atoms with Crippen molar-refractivity contribution >= 4 is 40.8 Å². The van der Waals surface area contributed by atoms with E-state index in [0.717, 1.165) is 17.4 Å². The summed E-state index contributed by atoms with van der Waals surface area (Å²) >= 11 is 12.5. The fourth-order valence-corrected chi connectivity index (χ4v) is 8.01. The number of alkyl halides is 1. The van der Waals surface area contributed by atoms with Crippen molar-refractivity contribution in [3.05, 3.63) is 108 Å². The summed E-state index contributed by atoms with van der Waals surface area (Å²) in [5.74, 6) is -3.84. The Morgan fingerprint density at radius 1 is 0.812 bits per heavy atom. The summed E-state index contributed by atoms with van der Waals surface area (Å²) in [5.41, 5.74) is 4.73. The van der Waals surface area contributed by atoms with Gasteiger partial charge in [-0.05, 0) is 38.5 Å². The molecular weight excluding hydrogens is 883 g/mol. The van der Waals surface area contributed by atoms with Crippen LogP contribution in [0.15, 0.2) is 108 Å². The summed E-state index contributed by atoms with van der Waals surface area (Å²) in [6.07, 6.45) is 8.07. The zero-order chi connectivity index (χ0) is 46.7. The van der Waals surface area contributed by atoms with Gasteiger partial charge in [-0.3, -0.25) is 19.3 Å². The SMILES string of the molecule is COC1C(OC2COC(OC3C(O)C(O)COC3N3C(=O)C(=C(O)C=CC=CC=CC=CC=C(Cl)C=CC=CC=CC4OC(C)CC4Cl)C(=O)C3CC(N)=O)C(O)C2O)OC(C)C1O. The summed E-state index contributed by atoms with van der Waals surface area (Å²) in [6.45, 7) is 2.62. The van der Waals surface area contributed by atoms with E-state index in [-0.39, 0.29) is 17.6 Å². The molecule has 0 radical (unpaired) electrons. The third-order valence-corrected chi connectivity index (χ3v) is 11.5. The number of nitrogens with zero attached hydrogens (tertiary/aromatic N) is 1. The molecule has 2 amide bonds. The molecule has 0 aromatic carbocycles. The van der Waals surface area contributed by atoms with E-state index >= 15 is 0 Å². The van der Waals surface area contributed by atoms with Gasteiger partial charge >= 0.3 is 0 Å². The van der Waals surface area contributed by atoms with Crippen LogP contribution in [0.1, 0.15) is 26.7 Å². The first-order valence-electron chi connectivity index (χ1n) is 20.6. The Bertz CT molecular complexity index is 1920. The number of carbonyl (C=O) groups excluding carboxylic acids is 3. The van der Waals surface area contributed by atoms with Gasteiger partial charge in [-0.15, -0.1) is 11.6 Å². The van der Waals surface area contributed by atoms with Crippen molar-refractivity contribution in [2.75, 3.05) is 20.3 Å². The van der Waals surface area contributed by atoms with E-state index in [9.17, 15) is 45.0 Å². The van der Waals surface area contributed by atoms with Crippen LogP contribution in [0.3, 0.4) is 0 Å². The standard InChI is InChI=1S/C44H56Cl2N2O16/c1-23-19-26(46)30(61-23)18-14-10-9-12-16-25(45)15-11-7-5-4-6-8-13-17-28(49)33-35(53)27(20-32(47)51)48(41(33)57)42-39(36(54)29(50)21-59-42)64-43-38(56)37(55)31(22-60-43)63-44-40(58-3)34(52)24(2)62-44/h4-18,23-24,26-27,29-31,34,36-40,42-44,49-50,52,54-56H,19-22H2,1-3H3,(H2,47,51). The number of hydrogen-bond acceptors (Lipinski definition) is 16. The van der Waals surface area contributed by atoms with Crippen LogP contribution in [0.2, 0.25) is 0 Å². The van der Waals surface area contributed by atoms with Crippen LogP contribution in [-0.2, 0) is 47.5 Å². The summed E-state index contributed by atoms with van der Waals surface area (Å²) in [4.78, 5) is 40.5. The highest BCUT2D eigenvalue weighted by Gasteiger charge is 2.56. The largest absolute Gasteiger partial charge is 0.507 e. The maximum Gasteiger partial charge on any atom is 0.264 e. The highest BCUT2D eigenvalue weighted by molar-refractivity contribution is 6.31. The summed E-state index contributed by atoms with van der Waals surface area (Å²) in [7, 11) is 1.34. The van der Waals surface area contributed by atoms with E-state index < -0.39 is 128 Å². The third-order valence-electron chi connectivity index (χ3n) is 10.8. The number of ether oxygens (including phenoxy) is 7. The summed E-state index contributed by atoms with van der Waals surface area (Å²) in [6, 6.07) is -1.63. The molecule has 5 aliphatic heterocycles. The molecule has 5 saturated heterocycles. The average molecular weight is 940 g/mol. The molecule has 0 aromatic heterocycles. The molecule has 5 fully saturated rings. The van der Waals surface area contributed by atoms with Crippen molar-refractivity contribution in [3.63, 3.8) is 0 Å². The van der Waals surface area contributed by atoms with Gasteiger partial charge in [0.1, 0.15) is 66.2 Å². The highest BCUT2D eigenvalue weighted by atomic mass is 35.5. The van der Waals surface area contributed by atoms with Crippen molar-refractivity contribution in [1.82, 2.24) is 4.90 Å². The Morgan fingerprint density at radius 3 is 2.12 bits per heavy atom.